The van der Waals surface area contributed by atoms with E-state index in [4.69, 9.17) is 0 Å². The number of aromatic nitrogens is 1. The predicted molar refractivity (Wildman–Crippen MR) is 92.2 cm³/mol. The Hall–Kier alpha value is -2.17. The molecule has 0 N–H and O–H groups in total. The summed E-state index contributed by atoms with van der Waals surface area (Å²) in [6.07, 6.45) is -2.75. The molecule has 3 rings (SSSR count). The van der Waals surface area contributed by atoms with Gasteiger partial charge in [-0.3, -0.25) is 0 Å². The molecule has 2 aromatic carbocycles. The number of nitriles is 1. The van der Waals surface area contributed by atoms with Gasteiger partial charge >= 0.3 is 6.18 Å². The van der Waals surface area contributed by atoms with E-state index < -0.39 is 11.7 Å². The topological polar surface area (TPSA) is 36.7 Å². The zero-order valence-electron chi connectivity index (χ0n) is 11.9. The molecule has 24 heavy (non-hydrogen) atoms. The standard InChI is InChI=1S/C17H8BrF3N2S/c18-13-4-1-10(2-5-13)7-11(9-22)16-23-14-8-12(17(19,20)21)3-6-15(14)24-16/h1-8H/b11-7-. The van der Waals surface area contributed by atoms with Gasteiger partial charge in [-0.2, -0.15) is 18.4 Å². The molecular weight excluding hydrogens is 401 g/mol. The highest BCUT2D eigenvalue weighted by Gasteiger charge is 2.30. The highest BCUT2D eigenvalue weighted by Crippen LogP contribution is 2.34. The fourth-order valence-corrected chi connectivity index (χ4v) is 3.26. The van der Waals surface area contributed by atoms with E-state index in [9.17, 15) is 18.4 Å². The Morgan fingerprint density at radius 2 is 1.88 bits per heavy atom. The summed E-state index contributed by atoms with van der Waals surface area (Å²) in [6, 6.07) is 12.8. The largest absolute Gasteiger partial charge is 0.416 e. The van der Waals surface area contributed by atoms with E-state index >= 15 is 0 Å². The van der Waals surface area contributed by atoms with Gasteiger partial charge < -0.3 is 0 Å². The highest BCUT2D eigenvalue weighted by atomic mass is 79.9. The monoisotopic (exact) mass is 408 g/mol. The molecule has 0 fully saturated rings. The third-order valence-electron chi connectivity index (χ3n) is 3.25. The van der Waals surface area contributed by atoms with Crippen LogP contribution in [0.4, 0.5) is 13.2 Å². The number of hydrogen-bond donors (Lipinski definition) is 0. The van der Waals surface area contributed by atoms with Crippen molar-refractivity contribution in [3.63, 3.8) is 0 Å². The van der Waals surface area contributed by atoms with Crippen LogP contribution in [0.1, 0.15) is 16.1 Å². The summed E-state index contributed by atoms with van der Waals surface area (Å²) in [4.78, 5) is 4.19. The predicted octanol–water partition coefficient (Wildman–Crippen LogP) is 6.14. The Balaban J connectivity index is 2.04. The highest BCUT2D eigenvalue weighted by molar-refractivity contribution is 9.10. The van der Waals surface area contributed by atoms with Crippen molar-refractivity contribution in [3.05, 3.63) is 63.1 Å². The number of nitrogens with zero attached hydrogens (tertiary/aromatic N) is 2. The van der Waals surface area contributed by atoms with Crippen LogP contribution in [0.5, 0.6) is 0 Å². The van der Waals surface area contributed by atoms with E-state index in [0.29, 0.717) is 15.3 Å². The summed E-state index contributed by atoms with van der Waals surface area (Å²) in [5, 5.41) is 9.76. The van der Waals surface area contributed by atoms with Gasteiger partial charge in [0.1, 0.15) is 11.1 Å². The van der Waals surface area contributed by atoms with E-state index in [1.807, 2.05) is 24.3 Å². The molecule has 7 heteroatoms. The SMILES string of the molecule is N#C/C(=C/c1ccc(Br)cc1)c1nc2cc(C(F)(F)F)ccc2s1. The second kappa shape index (κ2) is 6.38. The lowest BCUT2D eigenvalue weighted by atomic mass is 10.1. The molecule has 0 saturated heterocycles. The number of alkyl halides is 3. The van der Waals surface area contributed by atoms with Crippen molar-refractivity contribution in [1.29, 1.82) is 5.26 Å². The molecule has 0 saturated carbocycles. The third-order valence-corrected chi connectivity index (χ3v) is 4.85. The van der Waals surface area contributed by atoms with Crippen molar-refractivity contribution < 1.29 is 13.2 Å². The van der Waals surface area contributed by atoms with Crippen LogP contribution in [-0.4, -0.2) is 4.98 Å². The number of halogens is 4. The van der Waals surface area contributed by atoms with Crippen molar-refractivity contribution >= 4 is 49.1 Å². The van der Waals surface area contributed by atoms with Gasteiger partial charge in [0.05, 0.1) is 21.4 Å². The second-order valence-corrected chi connectivity index (χ2v) is 6.87. The lowest BCUT2D eigenvalue weighted by molar-refractivity contribution is -0.137. The maximum atomic E-state index is 12.8. The van der Waals surface area contributed by atoms with Gasteiger partial charge in [-0.1, -0.05) is 28.1 Å². The van der Waals surface area contributed by atoms with Crippen LogP contribution in [0.3, 0.4) is 0 Å². The third kappa shape index (κ3) is 3.50. The van der Waals surface area contributed by atoms with Crippen LogP contribution in [0.25, 0.3) is 21.9 Å². The first-order chi connectivity index (χ1) is 11.4. The zero-order valence-corrected chi connectivity index (χ0v) is 14.3. The Kier molecular flexibility index (Phi) is 4.43. The summed E-state index contributed by atoms with van der Waals surface area (Å²) in [5.74, 6) is 0. The van der Waals surface area contributed by atoms with Crippen molar-refractivity contribution in [2.45, 2.75) is 6.18 Å². The van der Waals surface area contributed by atoms with Crippen molar-refractivity contribution in [1.82, 2.24) is 4.98 Å². The van der Waals surface area contributed by atoms with E-state index in [-0.39, 0.29) is 5.52 Å². The average Bonchev–Trinajstić information content (AvgIpc) is 2.96. The van der Waals surface area contributed by atoms with Crippen molar-refractivity contribution in [2.75, 3.05) is 0 Å². The molecule has 0 bridgehead atoms. The molecule has 120 valence electrons. The van der Waals surface area contributed by atoms with Crippen LogP contribution in [0.15, 0.2) is 46.9 Å². The first kappa shape index (κ1) is 16.7. The number of fused-ring (bicyclic) bond motifs is 1. The van der Waals surface area contributed by atoms with Gasteiger partial charge in [-0.05, 0) is 42.0 Å². The van der Waals surface area contributed by atoms with Crippen LogP contribution in [0, 0.1) is 11.3 Å². The Morgan fingerprint density at radius 1 is 1.17 bits per heavy atom. The number of thiazole rings is 1. The van der Waals surface area contributed by atoms with Crippen LogP contribution in [0.2, 0.25) is 0 Å². The number of rotatable bonds is 2. The minimum atomic E-state index is -4.41. The van der Waals surface area contributed by atoms with E-state index in [2.05, 4.69) is 27.0 Å². The molecule has 3 aromatic rings. The molecular formula is C17H8BrF3N2S. The Bertz CT molecular complexity index is 966. The van der Waals surface area contributed by atoms with Gasteiger partial charge in [-0.25, -0.2) is 4.98 Å². The molecule has 0 radical (unpaired) electrons. The molecule has 1 heterocycles. The molecule has 0 aliphatic carbocycles. The molecule has 0 aliphatic rings. The lowest BCUT2D eigenvalue weighted by Gasteiger charge is -2.04. The van der Waals surface area contributed by atoms with E-state index in [0.717, 1.165) is 22.2 Å². The zero-order chi connectivity index (χ0) is 17.3. The summed E-state index contributed by atoms with van der Waals surface area (Å²) in [7, 11) is 0. The van der Waals surface area contributed by atoms with Crippen LogP contribution >= 0.6 is 27.3 Å². The molecule has 0 unspecified atom stereocenters. The molecule has 0 spiro atoms. The fourth-order valence-electron chi connectivity index (χ4n) is 2.09. The maximum Gasteiger partial charge on any atom is 0.416 e. The van der Waals surface area contributed by atoms with Gasteiger partial charge in [0.15, 0.2) is 0 Å². The molecule has 0 amide bonds. The summed E-state index contributed by atoms with van der Waals surface area (Å²) >= 11 is 4.52. The van der Waals surface area contributed by atoms with Crippen molar-refractivity contribution in [2.24, 2.45) is 0 Å². The summed E-state index contributed by atoms with van der Waals surface area (Å²) < 4.78 is 39.8. The Morgan fingerprint density at radius 3 is 2.50 bits per heavy atom. The minimum absolute atomic E-state index is 0.238. The summed E-state index contributed by atoms with van der Waals surface area (Å²) in [6.45, 7) is 0. The van der Waals surface area contributed by atoms with Gasteiger partial charge in [0, 0.05) is 4.47 Å². The second-order valence-electron chi connectivity index (χ2n) is 4.92. The number of hydrogen-bond acceptors (Lipinski definition) is 3. The Labute approximate surface area is 148 Å². The normalized spacial score (nSPS) is 12.4. The molecule has 0 atom stereocenters. The minimum Gasteiger partial charge on any atom is -0.235 e. The van der Waals surface area contributed by atoms with Crippen LogP contribution in [-0.2, 0) is 6.18 Å². The van der Waals surface area contributed by atoms with Crippen LogP contribution < -0.4 is 0 Å². The van der Waals surface area contributed by atoms with E-state index in [1.165, 1.54) is 17.4 Å². The molecule has 1 aromatic heterocycles. The molecule has 2 nitrogen and oxygen atoms in total. The first-order valence-corrected chi connectivity index (χ1v) is 8.33. The number of benzene rings is 2. The van der Waals surface area contributed by atoms with Gasteiger partial charge in [0.25, 0.3) is 0 Å². The fraction of sp³-hybridized carbons (Fsp3) is 0.0588. The first-order valence-electron chi connectivity index (χ1n) is 6.72. The summed E-state index contributed by atoms with van der Waals surface area (Å²) in [5.41, 5.74) is 0.612. The quantitative estimate of drug-likeness (QED) is 0.477. The van der Waals surface area contributed by atoms with Crippen molar-refractivity contribution in [3.8, 4) is 6.07 Å². The van der Waals surface area contributed by atoms with Gasteiger partial charge in [-0.15, -0.1) is 11.3 Å². The molecule has 0 aliphatic heterocycles. The average molecular weight is 409 g/mol. The smallest absolute Gasteiger partial charge is 0.235 e. The number of allylic oxidation sites excluding steroid dienone is 1. The van der Waals surface area contributed by atoms with E-state index in [1.54, 1.807) is 6.08 Å². The lowest BCUT2D eigenvalue weighted by Crippen LogP contribution is -2.03. The maximum absolute atomic E-state index is 12.8. The van der Waals surface area contributed by atoms with Gasteiger partial charge in [0.2, 0.25) is 0 Å².